The molecule has 0 bridgehead atoms. The van der Waals surface area contributed by atoms with Crippen molar-refractivity contribution in [2.75, 3.05) is 26.4 Å². The van der Waals surface area contributed by atoms with Crippen LogP contribution in [0.25, 0.3) is 0 Å². The highest BCUT2D eigenvalue weighted by Gasteiger charge is 2.01. The number of hydrogen-bond donors (Lipinski definition) is 1. The first-order chi connectivity index (χ1) is 7.24. The Morgan fingerprint density at radius 3 is 2.73 bits per heavy atom. The molecule has 0 aromatic heterocycles. The van der Waals surface area contributed by atoms with Gasteiger partial charge in [-0.2, -0.15) is 0 Å². The predicted molar refractivity (Wildman–Crippen MR) is 57.5 cm³/mol. The zero-order valence-corrected chi connectivity index (χ0v) is 9.67. The fourth-order valence-electron chi connectivity index (χ4n) is 0.969. The minimum absolute atomic E-state index is 0.000241. The average molecular weight is 279 g/mol. The molecule has 0 spiro atoms. The fourth-order valence-corrected chi connectivity index (χ4v) is 1.43. The monoisotopic (exact) mass is 278 g/mol. The van der Waals surface area contributed by atoms with Gasteiger partial charge in [0.2, 0.25) is 0 Å². The zero-order valence-electron chi connectivity index (χ0n) is 8.08. The summed E-state index contributed by atoms with van der Waals surface area (Å²) in [6.07, 6.45) is 0. The number of aliphatic hydroxyl groups excluding tert-OH is 1. The molecule has 0 atom stereocenters. The molecule has 0 unspecified atom stereocenters. The van der Waals surface area contributed by atoms with Crippen molar-refractivity contribution in [2.24, 2.45) is 0 Å². The Balaban J connectivity index is 2.31. The van der Waals surface area contributed by atoms with Crippen LogP contribution in [0.4, 0.5) is 4.39 Å². The minimum Gasteiger partial charge on any atom is -0.490 e. The third kappa shape index (κ3) is 4.59. The Morgan fingerprint density at radius 2 is 2.07 bits per heavy atom. The summed E-state index contributed by atoms with van der Waals surface area (Å²) in [5.41, 5.74) is 0. The molecule has 15 heavy (non-hydrogen) atoms. The molecular formula is C10H12BrFO3. The summed E-state index contributed by atoms with van der Waals surface area (Å²) < 4.78 is 23.6. The number of ether oxygens (including phenoxy) is 2. The number of rotatable bonds is 6. The maximum atomic E-state index is 12.7. The summed E-state index contributed by atoms with van der Waals surface area (Å²) in [5.74, 6) is 0.259. The van der Waals surface area contributed by atoms with Crippen molar-refractivity contribution >= 4 is 15.9 Å². The third-order valence-corrected chi connectivity index (χ3v) is 2.23. The first-order valence-electron chi connectivity index (χ1n) is 4.50. The van der Waals surface area contributed by atoms with Crippen molar-refractivity contribution in [1.82, 2.24) is 0 Å². The van der Waals surface area contributed by atoms with Crippen LogP contribution in [0, 0.1) is 5.82 Å². The Hall–Kier alpha value is -0.650. The van der Waals surface area contributed by atoms with E-state index in [1.165, 1.54) is 12.1 Å². The molecule has 84 valence electrons. The fraction of sp³-hybridized carbons (Fsp3) is 0.400. The number of aliphatic hydroxyl groups is 1. The van der Waals surface area contributed by atoms with Crippen LogP contribution in [0.2, 0.25) is 0 Å². The van der Waals surface area contributed by atoms with Gasteiger partial charge in [0.15, 0.2) is 0 Å². The highest BCUT2D eigenvalue weighted by Crippen LogP contribution is 2.25. The van der Waals surface area contributed by atoms with Gasteiger partial charge < -0.3 is 14.6 Å². The summed E-state index contributed by atoms with van der Waals surface area (Å²) in [6.45, 7) is 1.06. The Labute approximate surface area is 95.9 Å². The van der Waals surface area contributed by atoms with E-state index in [0.717, 1.165) is 0 Å². The van der Waals surface area contributed by atoms with Gasteiger partial charge in [-0.25, -0.2) is 4.39 Å². The van der Waals surface area contributed by atoms with Crippen LogP contribution in [0.15, 0.2) is 22.7 Å². The number of halogens is 2. The van der Waals surface area contributed by atoms with Crippen molar-refractivity contribution in [3.8, 4) is 5.75 Å². The molecule has 1 aromatic carbocycles. The molecule has 0 radical (unpaired) electrons. The van der Waals surface area contributed by atoms with E-state index < -0.39 is 0 Å². The molecule has 0 aliphatic rings. The molecule has 0 fully saturated rings. The van der Waals surface area contributed by atoms with E-state index in [0.29, 0.717) is 30.0 Å². The molecule has 0 heterocycles. The molecule has 3 nitrogen and oxygen atoms in total. The molecule has 1 N–H and O–H groups in total. The van der Waals surface area contributed by atoms with E-state index in [9.17, 15) is 4.39 Å². The minimum atomic E-state index is -0.314. The molecule has 5 heteroatoms. The summed E-state index contributed by atoms with van der Waals surface area (Å²) in [7, 11) is 0. The summed E-state index contributed by atoms with van der Waals surface area (Å²) in [6, 6.07) is 4.21. The highest BCUT2D eigenvalue weighted by atomic mass is 79.9. The molecule has 0 aliphatic carbocycles. The van der Waals surface area contributed by atoms with Crippen LogP contribution in [0.1, 0.15) is 0 Å². The van der Waals surface area contributed by atoms with Gasteiger partial charge in [-0.1, -0.05) is 0 Å². The molecule has 0 saturated carbocycles. The second-order valence-electron chi connectivity index (χ2n) is 2.76. The maximum absolute atomic E-state index is 12.7. The Morgan fingerprint density at radius 1 is 1.27 bits per heavy atom. The zero-order chi connectivity index (χ0) is 11.1. The molecule has 0 aliphatic heterocycles. The normalized spacial score (nSPS) is 10.3. The van der Waals surface area contributed by atoms with E-state index in [1.807, 2.05) is 0 Å². The van der Waals surface area contributed by atoms with Crippen LogP contribution in [0.3, 0.4) is 0 Å². The Kier molecular flexibility index (Phi) is 5.60. The molecular weight excluding hydrogens is 267 g/mol. The van der Waals surface area contributed by atoms with Gasteiger partial charge in [0, 0.05) is 0 Å². The molecule has 1 aromatic rings. The van der Waals surface area contributed by atoms with Gasteiger partial charge in [0.1, 0.15) is 18.2 Å². The van der Waals surface area contributed by atoms with E-state index >= 15 is 0 Å². The smallest absolute Gasteiger partial charge is 0.133 e. The maximum Gasteiger partial charge on any atom is 0.133 e. The lowest BCUT2D eigenvalue weighted by molar-refractivity contribution is 0.0703. The molecule has 0 saturated heterocycles. The highest BCUT2D eigenvalue weighted by molar-refractivity contribution is 9.10. The van der Waals surface area contributed by atoms with Crippen molar-refractivity contribution in [2.45, 2.75) is 0 Å². The van der Waals surface area contributed by atoms with Gasteiger partial charge in [0.25, 0.3) is 0 Å². The summed E-state index contributed by atoms with van der Waals surface area (Å²) in [5, 5.41) is 8.44. The van der Waals surface area contributed by atoms with Crippen LogP contribution in [-0.4, -0.2) is 31.5 Å². The average Bonchev–Trinajstić information content (AvgIpc) is 2.20. The van der Waals surface area contributed by atoms with E-state index in [2.05, 4.69) is 15.9 Å². The first-order valence-corrected chi connectivity index (χ1v) is 5.30. The SMILES string of the molecule is OCCOCCOc1ccc(F)cc1Br. The van der Waals surface area contributed by atoms with Crippen molar-refractivity contribution in [1.29, 1.82) is 0 Å². The second kappa shape index (κ2) is 6.76. The van der Waals surface area contributed by atoms with Crippen molar-refractivity contribution in [3.63, 3.8) is 0 Å². The van der Waals surface area contributed by atoms with Gasteiger partial charge in [-0.05, 0) is 34.1 Å². The first kappa shape index (κ1) is 12.4. The van der Waals surface area contributed by atoms with Gasteiger partial charge in [-0.3, -0.25) is 0 Å². The van der Waals surface area contributed by atoms with Crippen LogP contribution < -0.4 is 4.74 Å². The standard InChI is InChI=1S/C10H12BrFO3/c11-9-7-8(12)1-2-10(9)15-6-5-14-4-3-13/h1-2,7,13H,3-6H2. The third-order valence-electron chi connectivity index (χ3n) is 1.61. The molecule has 1 rings (SSSR count). The second-order valence-corrected chi connectivity index (χ2v) is 3.61. The topological polar surface area (TPSA) is 38.7 Å². The predicted octanol–water partition coefficient (Wildman–Crippen LogP) is 1.98. The lowest BCUT2D eigenvalue weighted by atomic mass is 10.3. The number of benzene rings is 1. The molecule has 0 amide bonds. The lowest BCUT2D eigenvalue weighted by Crippen LogP contribution is -2.09. The van der Waals surface area contributed by atoms with Crippen LogP contribution in [-0.2, 0) is 4.74 Å². The lowest BCUT2D eigenvalue weighted by Gasteiger charge is -2.08. The van der Waals surface area contributed by atoms with Gasteiger partial charge in [-0.15, -0.1) is 0 Å². The van der Waals surface area contributed by atoms with E-state index in [1.54, 1.807) is 6.07 Å². The Bertz CT molecular complexity index is 307. The quantitative estimate of drug-likeness (QED) is 0.809. The van der Waals surface area contributed by atoms with E-state index in [4.69, 9.17) is 14.6 Å². The van der Waals surface area contributed by atoms with Crippen molar-refractivity contribution in [3.05, 3.63) is 28.5 Å². The van der Waals surface area contributed by atoms with Gasteiger partial charge >= 0.3 is 0 Å². The van der Waals surface area contributed by atoms with Crippen LogP contribution >= 0.6 is 15.9 Å². The van der Waals surface area contributed by atoms with Crippen molar-refractivity contribution < 1.29 is 19.0 Å². The largest absolute Gasteiger partial charge is 0.490 e. The van der Waals surface area contributed by atoms with E-state index in [-0.39, 0.29) is 12.4 Å². The van der Waals surface area contributed by atoms with Gasteiger partial charge in [0.05, 0.1) is 24.3 Å². The van der Waals surface area contributed by atoms with Crippen LogP contribution in [0.5, 0.6) is 5.75 Å². The summed E-state index contributed by atoms with van der Waals surface area (Å²) >= 11 is 3.18. The number of hydrogen-bond acceptors (Lipinski definition) is 3. The summed E-state index contributed by atoms with van der Waals surface area (Å²) in [4.78, 5) is 0.